The lowest BCUT2D eigenvalue weighted by Gasteiger charge is -2.18. The molecular formula is C11H12ClNO2. The number of hydrogen-bond donors (Lipinski definition) is 0. The summed E-state index contributed by atoms with van der Waals surface area (Å²) in [5.41, 5.74) is 1.41. The number of benzene rings is 1. The van der Waals surface area contributed by atoms with E-state index >= 15 is 0 Å². The fourth-order valence-corrected chi connectivity index (χ4v) is 1.67. The molecule has 0 aliphatic rings. The van der Waals surface area contributed by atoms with E-state index in [1.165, 1.54) is 13.8 Å². The van der Waals surface area contributed by atoms with E-state index in [1.54, 1.807) is 18.2 Å². The van der Waals surface area contributed by atoms with E-state index in [-0.39, 0.29) is 11.8 Å². The number of imide groups is 1. The summed E-state index contributed by atoms with van der Waals surface area (Å²) >= 11 is 5.97. The monoisotopic (exact) mass is 225 g/mol. The largest absolute Gasteiger partial charge is 0.274 e. The number of nitrogens with zero attached hydrogens (tertiary/aromatic N) is 1. The van der Waals surface area contributed by atoms with Crippen molar-refractivity contribution in [1.29, 1.82) is 0 Å². The molecule has 0 N–H and O–H groups in total. The molecule has 15 heavy (non-hydrogen) atoms. The Labute approximate surface area is 93.6 Å². The highest BCUT2D eigenvalue weighted by Crippen LogP contribution is 2.26. The predicted molar refractivity (Wildman–Crippen MR) is 60.0 cm³/mol. The van der Waals surface area contributed by atoms with Gasteiger partial charge in [0.1, 0.15) is 0 Å². The van der Waals surface area contributed by atoms with Gasteiger partial charge in [0.2, 0.25) is 11.8 Å². The van der Waals surface area contributed by atoms with Crippen LogP contribution in [0.15, 0.2) is 18.2 Å². The molecule has 1 aromatic carbocycles. The first-order chi connectivity index (χ1) is 6.93. The average Bonchev–Trinajstić information content (AvgIpc) is 2.08. The average molecular weight is 226 g/mol. The van der Waals surface area contributed by atoms with Gasteiger partial charge in [0.25, 0.3) is 0 Å². The first kappa shape index (κ1) is 11.7. The van der Waals surface area contributed by atoms with E-state index in [9.17, 15) is 9.59 Å². The zero-order chi connectivity index (χ0) is 11.6. The third-order valence-corrected chi connectivity index (χ3v) is 2.28. The van der Waals surface area contributed by atoms with Gasteiger partial charge in [0, 0.05) is 13.8 Å². The maximum absolute atomic E-state index is 11.3. The van der Waals surface area contributed by atoms with Crippen LogP contribution in [0.1, 0.15) is 19.4 Å². The van der Waals surface area contributed by atoms with Gasteiger partial charge in [-0.15, -0.1) is 0 Å². The lowest BCUT2D eigenvalue weighted by molar-refractivity contribution is -0.124. The van der Waals surface area contributed by atoms with Crippen molar-refractivity contribution in [2.24, 2.45) is 0 Å². The molecule has 1 rings (SSSR count). The van der Waals surface area contributed by atoms with Crippen LogP contribution >= 0.6 is 11.6 Å². The molecule has 0 aromatic heterocycles. The number of carbonyl (C=O) groups is 2. The minimum Gasteiger partial charge on any atom is -0.274 e. The molecule has 0 heterocycles. The smallest absolute Gasteiger partial charge is 0.230 e. The van der Waals surface area contributed by atoms with E-state index in [1.807, 2.05) is 6.92 Å². The van der Waals surface area contributed by atoms with Crippen LogP contribution in [0.2, 0.25) is 5.02 Å². The highest BCUT2D eigenvalue weighted by molar-refractivity contribution is 6.35. The minimum absolute atomic E-state index is 0.340. The molecule has 1 aromatic rings. The maximum atomic E-state index is 11.3. The molecular weight excluding hydrogens is 214 g/mol. The summed E-state index contributed by atoms with van der Waals surface area (Å²) in [5.74, 6) is -0.679. The molecule has 0 radical (unpaired) electrons. The second kappa shape index (κ2) is 4.45. The van der Waals surface area contributed by atoms with Crippen LogP contribution < -0.4 is 4.90 Å². The van der Waals surface area contributed by atoms with E-state index in [2.05, 4.69) is 0 Å². The fraction of sp³-hybridized carbons (Fsp3) is 0.273. The van der Waals surface area contributed by atoms with Crippen LogP contribution in [0.5, 0.6) is 0 Å². The van der Waals surface area contributed by atoms with Crippen LogP contribution in [0.25, 0.3) is 0 Å². The lowest BCUT2D eigenvalue weighted by atomic mass is 10.2. The van der Waals surface area contributed by atoms with Crippen molar-refractivity contribution in [2.45, 2.75) is 20.8 Å². The molecule has 2 amide bonds. The highest BCUT2D eigenvalue weighted by Gasteiger charge is 2.18. The molecule has 0 spiro atoms. The normalized spacial score (nSPS) is 9.87. The van der Waals surface area contributed by atoms with Crippen LogP contribution in [0.4, 0.5) is 5.69 Å². The third kappa shape index (κ3) is 2.57. The summed E-state index contributed by atoms with van der Waals surface area (Å²) < 4.78 is 0. The van der Waals surface area contributed by atoms with Gasteiger partial charge in [-0.2, -0.15) is 0 Å². The summed E-state index contributed by atoms with van der Waals surface area (Å²) in [7, 11) is 0. The van der Waals surface area contributed by atoms with Gasteiger partial charge in [-0.25, -0.2) is 4.90 Å². The van der Waals surface area contributed by atoms with Gasteiger partial charge >= 0.3 is 0 Å². The summed E-state index contributed by atoms with van der Waals surface area (Å²) in [6.07, 6.45) is 0. The molecule has 3 nitrogen and oxygen atoms in total. The summed E-state index contributed by atoms with van der Waals surface area (Å²) in [4.78, 5) is 23.6. The number of rotatable bonds is 1. The highest BCUT2D eigenvalue weighted by atomic mass is 35.5. The molecule has 0 atom stereocenters. The quantitative estimate of drug-likeness (QED) is 0.737. The Hall–Kier alpha value is -1.35. The lowest BCUT2D eigenvalue weighted by Crippen LogP contribution is -2.33. The van der Waals surface area contributed by atoms with Crippen molar-refractivity contribution in [3.05, 3.63) is 28.8 Å². The fourth-order valence-electron chi connectivity index (χ4n) is 1.35. The number of carbonyl (C=O) groups excluding carboxylic acids is 2. The van der Waals surface area contributed by atoms with E-state index in [4.69, 9.17) is 11.6 Å². The Kier molecular flexibility index (Phi) is 3.48. The third-order valence-electron chi connectivity index (χ3n) is 1.97. The standard InChI is InChI=1S/C11H12ClNO2/c1-7-4-5-11(10(12)6-7)13(8(2)14)9(3)15/h4-6H,1-3H3. The Bertz CT molecular complexity index is 401. The maximum Gasteiger partial charge on any atom is 0.230 e. The zero-order valence-corrected chi connectivity index (χ0v) is 9.63. The number of hydrogen-bond acceptors (Lipinski definition) is 2. The Morgan fingerprint density at radius 2 is 1.73 bits per heavy atom. The van der Waals surface area contributed by atoms with Crippen LogP contribution in [-0.4, -0.2) is 11.8 Å². The Morgan fingerprint density at radius 1 is 1.20 bits per heavy atom. The van der Waals surface area contributed by atoms with Gasteiger partial charge in [0.05, 0.1) is 10.7 Å². The van der Waals surface area contributed by atoms with Gasteiger partial charge < -0.3 is 0 Å². The van der Waals surface area contributed by atoms with Crippen LogP contribution in [0, 0.1) is 6.92 Å². The first-order valence-electron chi connectivity index (χ1n) is 4.51. The van der Waals surface area contributed by atoms with Crippen molar-refractivity contribution < 1.29 is 9.59 Å². The Morgan fingerprint density at radius 3 is 2.13 bits per heavy atom. The van der Waals surface area contributed by atoms with E-state index in [0.29, 0.717) is 10.7 Å². The van der Waals surface area contributed by atoms with Gasteiger partial charge in [-0.05, 0) is 24.6 Å². The second-order valence-electron chi connectivity index (χ2n) is 3.33. The molecule has 0 unspecified atom stereocenters. The molecule has 0 aliphatic heterocycles. The molecule has 0 bridgehead atoms. The predicted octanol–water partition coefficient (Wildman–Crippen LogP) is 2.55. The second-order valence-corrected chi connectivity index (χ2v) is 3.74. The van der Waals surface area contributed by atoms with Crippen molar-refractivity contribution in [3.63, 3.8) is 0 Å². The van der Waals surface area contributed by atoms with Crippen molar-refractivity contribution >= 4 is 29.1 Å². The molecule has 80 valence electrons. The van der Waals surface area contributed by atoms with Gasteiger partial charge in [0.15, 0.2) is 0 Å². The molecule has 0 saturated heterocycles. The summed E-state index contributed by atoms with van der Waals surface area (Å²) in [5, 5.41) is 0.403. The summed E-state index contributed by atoms with van der Waals surface area (Å²) in [6, 6.07) is 5.19. The molecule has 0 aliphatic carbocycles. The number of anilines is 1. The van der Waals surface area contributed by atoms with Crippen LogP contribution in [-0.2, 0) is 9.59 Å². The molecule has 0 fully saturated rings. The SMILES string of the molecule is CC(=O)N(C(C)=O)c1ccc(C)cc1Cl. The van der Waals surface area contributed by atoms with E-state index in [0.717, 1.165) is 10.5 Å². The first-order valence-corrected chi connectivity index (χ1v) is 4.88. The van der Waals surface area contributed by atoms with Crippen molar-refractivity contribution in [3.8, 4) is 0 Å². The van der Waals surface area contributed by atoms with Crippen molar-refractivity contribution in [2.75, 3.05) is 4.90 Å². The van der Waals surface area contributed by atoms with Gasteiger partial charge in [-0.3, -0.25) is 9.59 Å². The van der Waals surface area contributed by atoms with Gasteiger partial charge in [-0.1, -0.05) is 17.7 Å². The topological polar surface area (TPSA) is 37.4 Å². The number of amides is 2. The summed E-state index contributed by atoms with van der Waals surface area (Å²) in [6.45, 7) is 4.55. The van der Waals surface area contributed by atoms with Crippen LogP contribution in [0.3, 0.4) is 0 Å². The van der Waals surface area contributed by atoms with E-state index < -0.39 is 0 Å². The number of aryl methyl sites for hydroxylation is 1. The molecule has 0 saturated carbocycles. The molecule has 4 heteroatoms. The van der Waals surface area contributed by atoms with Crippen molar-refractivity contribution in [1.82, 2.24) is 0 Å². The number of halogens is 1. The minimum atomic E-state index is -0.340. The zero-order valence-electron chi connectivity index (χ0n) is 8.87. The Balaban J connectivity index is 3.23.